The van der Waals surface area contributed by atoms with E-state index in [4.69, 9.17) is 10.5 Å². The van der Waals surface area contributed by atoms with Crippen LogP contribution < -0.4 is 5.73 Å². The Kier molecular flexibility index (Phi) is 6.48. The van der Waals surface area contributed by atoms with Crippen molar-refractivity contribution >= 4 is 21.9 Å². The molecule has 0 bridgehead atoms. The molecule has 2 aromatic carbocycles. The minimum Gasteiger partial charge on any atom is -0.452 e. The van der Waals surface area contributed by atoms with E-state index in [1.54, 1.807) is 42.5 Å². The van der Waals surface area contributed by atoms with Crippen molar-refractivity contribution in [3.63, 3.8) is 0 Å². The quantitative estimate of drug-likeness (QED) is 0.699. The third-order valence-corrected chi connectivity index (χ3v) is 5.40. The molecule has 2 aromatic rings. The van der Waals surface area contributed by atoms with Gasteiger partial charge < -0.3 is 10.5 Å². The minimum absolute atomic E-state index is 0.0158. The number of amides is 1. The van der Waals surface area contributed by atoms with Crippen LogP contribution in [0.1, 0.15) is 12.5 Å². The Bertz CT molecular complexity index is 854. The van der Waals surface area contributed by atoms with E-state index in [9.17, 15) is 18.0 Å². The lowest BCUT2D eigenvalue weighted by Gasteiger charge is -2.22. The van der Waals surface area contributed by atoms with Crippen molar-refractivity contribution in [2.24, 2.45) is 5.73 Å². The summed E-state index contributed by atoms with van der Waals surface area (Å²) in [4.78, 5) is 23.2. The van der Waals surface area contributed by atoms with Crippen molar-refractivity contribution < 1.29 is 22.7 Å². The zero-order valence-corrected chi connectivity index (χ0v) is 15.1. The fourth-order valence-electron chi connectivity index (χ4n) is 2.19. The summed E-state index contributed by atoms with van der Waals surface area (Å²) < 4.78 is 31.7. The second kappa shape index (κ2) is 8.59. The summed E-state index contributed by atoms with van der Waals surface area (Å²) in [7, 11) is -3.93. The highest BCUT2D eigenvalue weighted by Crippen LogP contribution is 2.18. The van der Waals surface area contributed by atoms with Crippen LogP contribution in [0.3, 0.4) is 0 Å². The molecule has 0 aliphatic heterocycles. The summed E-state index contributed by atoms with van der Waals surface area (Å²) in [5.74, 6) is -1.66. The average Bonchev–Trinajstić information content (AvgIpc) is 2.62. The molecule has 0 saturated carbocycles. The standard InChI is InChI=1S/C18H20N2O5S/c1-14(18(19)22)25-17(21)13-20(12-15-8-4-2-5-9-15)26(23,24)16-10-6-3-7-11-16/h2-11,14H,12-13H2,1H3,(H2,19,22)/t14-/m0/s1. The third-order valence-electron chi connectivity index (χ3n) is 3.60. The van der Waals surface area contributed by atoms with Crippen LogP contribution in [-0.2, 0) is 30.9 Å². The summed E-state index contributed by atoms with van der Waals surface area (Å²) in [6.07, 6.45) is -1.14. The van der Waals surface area contributed by atoms with Crippen molar-refractivity contribution in [3.05, 3.63) is 66.2 Å². The van der Waals surface area contributed by atoms with E-state index < -0.39 is 34.5 Å². The lowest BCUT2D eigenvalue weighted by atomic mass is 10.2. The number of nitrogens with zero attached hydrogens (tertiary/aromatic N) is 1. The highest BCUT2D eigenvalue weighted by molar-refractivity contribution is 7.89. The number of carbonyl (C=O) groups excluding carboxylic acids is 2. The summed E-state index contributed by atoms with van der Waals surface area (Å²) in [5, 5.41) is 0. The molecule has 8 heteroatoms. The number of primary amides is 1. The van der Waals surface area contributed by atoms with Gasteiger partial charge in [-0.3, -0.25) is 9.59 Å². The molecule has 0 fully saturated rings. The molecule has 0 aliphatic carbocycles. The molecular weight excluding hydrogens is 356 g/mol. The molecule has 0 aromatic heterocycles. The van der Waals surface area contributed by atoms with Gasteiger partial charge in [0, 0.05) is 6.54 Å². The van der Waals surface area contributed by atoms with Gasteiger partial charge in [-0.1, -0.05) is 48.5 Å². The Labute approximate surface area is 152 Å². The molecule has 138 valence electrons. The monoisotopic (exact) mass is 376 g/mol. The van der Waals surface area contributed by atoms with Crippen molar-refractivity contribution in [1.82, 2.24) is 4.31 Å². The van der Waals surface area contributed by atoms with Crippen LogP contribution in [0.2, 0.25) is 0 Å². The average molecular weight is 376 g/mol. The highest BCUT2D eigenvalue weighted by Gasteiger charge is 2.28. The first-order chi connectivity index (χ1) is 12.3. The number of ether oxygens (including phenoxy) is 1. The van der Waals surface area contributed by atoms with E-state index in [1.165, 1.54) is 19.1 Å². The molecule has 2 N–H and O–H groups in total. The van der Waals surface area contributed by atoms with Crippen LogP contribution in [0.5, 0.6) is 0 Å². The highest BCUT2D eigenvalue weighted by atomic mass is 32.2. The van der Waals surface area contributed by atoms with Gasteiger partial charge in [-0.2, -0.15) is 4.31 Å². The smallest absolute Gasteiger partial charge is 0.322 e. The second-order valence-corrected chi connectivity index (χ2v) is 7.54. The van der Waals surface area contributed by atoms with E-state index in [1.807, 2.05) is 6.07 Å². The maximum Gasteiger partial charge on any atom is 0.322 e. The summed E-state index contributed by atoms with van der Waals surface area (Å²) in [6.45, 7) is 0.773. The molecule has 1 amide bonds. The zero-order valence-electron chi connectivity index (χ0n) is 14.2. The van der Waals surface area contributed by atoms with Crippen molar-refractivity contribution in [2.75, 3.05) is 6.54 Å². The van der Waals surface area contributed by atoms with Crippen LogP contribution in [0.4, 0.5) is 0 Å². The Hall–Kier alpha value is -2.71. The molecule has 0 heterocycles. The van der Waals surface area contributed by atoms with E-state index in [2.05, 4.69) is 0 Å². The number of sulfonamides is 1. The number of benzene rings is 2. The van der Waals surface area contributed by atoms with Gasteiger partial charge in [-0.25, -0.2) is 8.42 Å². The third kappa shape index (κ3) is 5.14. The lowest BCUT2D eigenvalue weighted by Crippen LogP contribution is -2.39. The van der Waals surface area contributed by atoms with Crippen LogP contribution in [-0.4, -0.2) is 37.2 Å². The van der Waals surface area contributed by atoms with Crippen LogP contribution in [0.15, 0.2) is 65.6 Å². The first kappa shape index (κ1) is 19.6. The number of rotatable bonds is 8. The first-order valence-electron chi connectivity index (χ1n) is 7.88. The minimum atomic E-state index is -3.93. The fourth-order valence-corrected chi connectivity index (χ4v) is 3.58. The second-order valence-electron chi connectivity index (χ2n) is 5.61. The summed E-state index contributed by atoms with van der Waals surface area (Å²) in [5.41, 5.74) is 5.78. The topological polar surface area (TPSA) is 107 Å². The predicted molar refractivity (Wildman–Crippen MR) is 95.2 cm³/mol. The van der Waals surface area contributed by atoms with Gasteiger partial charge in [0.2, 0.25) is 10.0 Å². The normalized spacial score (nSPS) is 12.5. The maximum atomic E-state index is 12.9. The van der Waals surface area contributed by atoms with Crippen molar-refractivity contribution in [2.45, 2.75) is 24.5 Å². The van der Waals surface area contributed by atoms with Crippen LogP contribution in [0.25, 0.3) is 0 Å². The van der Waals surface area contributed by atoms with Gasteiger partial charge in [-0.15, -0.1) is 0 Å². The van der Waals surface area contributed by atoms with Gasteiger partial charge in [-0.05, 0) is 24.6 Å². The van der Waals surface area contributed by atoms with Gasteiger partial charge in [0.05, 0.1) is 4.90 Å². The number of carbonyl (C=O) groups is 2. The first-order valence-corrected chi connectivity index (χ1v) is 9.32. The molecule has 26 heavy (non-hydrogen) atoms. The maximum absolute atomic E-state index is 12.9. The molecule has 0 aliphatic rings. The van der Waals surface area contributed by atoms with Gasteiger partial charge >= 0.3 is 5.97 Å². The molecule has 1 atom stereocenters. The summed E-state index contributed by atoms with van der Waals surface area (Å²) >= 11 is 0. The van der Waals surface area contributed by atoms with Crippen LogP contribution >= 0.6 is 0 Å². The molecule has 0 unspecified atom stereocenters. The van der Waals surface area contributed by atoms with E-state index in [0.29, 0.717) is 5.56 Å². The summed E-state index contributed by atoms with van der Waals surface area (Å²) in [6, 6.07) is 16.7. The van der Waals surface area contributed by atoms with Gasteiger partial charge in [0.25, 0.3) is 5.91 Å². The predicted octanol–water partition coefficient (Wildman–Crippen LogP) is 1.29. The molecule has 2 rings (SSSR count). The number of hydrogen-bond acceptors (Lipinski definition) is 5. The molecule has 7 nitrogen and oxygen atoms in total. The molecular formula is C18H20N2O5S. The number of hydrogen-bond donors (Lipinski definition) is 1. The molecule has 0 saturated heterocycles. The number of esters is 1. The van der Waals surface area contributed by atoms with Crippen molar-refractivity contribution in [1.29, 1.82) is 0 Å². The Balaban J connectivity index is 2.27. The molecule has 0 spiro atoms. The Morgan fingerprint density at radius 2 is 1.58 bits per heavy atom. The van der Waals surface area contributed by atoms with E-state index >= 15 is 0 Å². The Morgan fingerprint density at radius 3 is 2.12 bits per heavy atom. The van der Waals surface area contributed by atoms with Gasteiger partial charge in [0.1, 0.15) is 6.54 Å². The van der Waals surface area contributed by atoms with Gasteiger partial charge in [0.15, 0.2) is 6.10 Å². The fraction of sp³-hybridized carbons (Fsp3) is 0.222. The van der Waals surface area contributed by atoms with E-state index in [-0.39, 0.29) is 11.4 Å². The largest absolute Gasteiger partial charge is 0.452 e. The zero-order chi connectivity index (χ0) is 19.2. The lowest BCUT2D eigenvalue weighted by molar-refractivity contribution is -0.153. The van der Waals surface area contributed by atoms with Crippen LogP contribution in [0, 0.1) is 0 Å². The SMILES string of the molecule is C[C@H](OC(=O)CN(Cc1ccccc1)S(=O)(=O)c1ccccc1)C(N)=O. The van der Waals surface area contributed by atoms with E-state index in [0.717, 1.165) is 4.31 Å². The Morgan fingerprint density at radius 1 is 1.04 bits per heavy atom. The number of nitrogens with two attached hydrogens (primary N) is 1. The van der Waals surface area contributed by atoms with Crippen molar-refractivity contribution in [3.8, 4) is 0 Å². The molecule has 0 radical (unpaired) electrons.